The van der Waals surface area contributed by atoms with Gasteiger partial charge in [0.1, 0.15) is 0 Å². The number of rotatable bonds is 4. The number of pyridine rings is 1. The molecule has 2 heterocycles. The third-order valence-corrected chi connectivity index (χ3v) is 2.76. The van der Waals surface area contributed by atoms with E-state index in [-0.39, 0.29) is 0 Å². The lowest BCUT2D eigenvalue weighted by Crippen LogP contribution is -2.18. The fraction of sp³-hybridized carbons (Fsp3) is 0.333. The first-order valence-corrected chi connectivity index (χ1v) is 5.98. The van der Waals surface area contributed by atoms with E-state index in [0.29, 0.717) is 11.1 Å². The van der Waals surface area contributed by atoms with Crippen molar-refractivity contribution < 1.29 is 0 Å². The molecular weight excluding hydrogens is 236 g/mol. The first kappa shape index (κ1) is 12.1. The van der Waals surface area contributed by atoms with Crippen LogP contribution in [0, 0.1) is 0 Å². The molecule has 0 spiro atoms. The van der Waals surface area contributed by atoms with Crippen LogP contribution >= 0.6 is 11.6 Å². The van der Waals surface area contributed by atoms with Gasteiger partial charge in [0.2, 0.25) is 0 Å². The van der Waals surface area contributed by atoms with Crippen molar-refractivity contribution in [1.29, 1.82) is 0 Å². The Morgan fingerprint density at radius 2 is 2.35 bits per heavy atom. The predicted molar refractivity (Wildman–Crippen MR) is 68.5 cm³/mol. The second-order valence-electron chi connectivity index (χ2n) is 3.83. The van der Waals surface area contributed by atoms with Crippen molar-refractivity contribution in [1.82, 2.24) is 20.1 Å². The van der Waals surface area contributed by atoms with Gasteiger partial charge in [0, 0.05) is 12.2 Å². The SMILES string of the molecule is CCNC(C)c1ccnc(-n2cc(Cl)cn2)c1. The monoisotopic (exact) mass is 250 g/mol. The van der Waals surface area contributed by atoms with Crippen LogP contribution in [0.15, 0.2) is 30.7 Å². The Bertz CT molecular complexity index is 495. The topological polar surface area (TPSA) is 42.7 Å². The van der Waals surface area contributed by atoms with Crippen LogP contribution in [0.4, 0.5) is 0 Å². The highest BCUT2D eigenvalue weighted by Gasteiger charge is 2.06. The minimum atomic E-state index is 0.299. The number of hydrogen-bond acceptors (Lipinski definition) is 3. The van der Waals surface area contributed by atoms with Gasteiger partial charge in [-0.25, -0.2) is 9.67 Å². The summed E-state index contributed by atoms with van der Waals surface area (Å²) >= 11 is 5.84. The molecule has 17 heavy (non-hydrogen) atoms. The fourth-order valence-electron chi connectivity index (χ4n) is 1.68. The van der Waals surface area contributed by atoms with Crippen molar-refractivity contribution in [3.63, 3.8) is 0 Å². The van der Waals surface area contributed by atoms with Crippen molar-refractivity contribution in [2.45, 2.75) is 19.9 Å². The standard InChI is InChI=1S/C12H15ClN4/c1-3-14-9(2)10-4-5-15-12(6-10)17-8-11(13)7-16-17/h4-9,14H,3H2,1-2H3. The van der Waals surface area contributed by atoms with Crippen LogP contribution in [0.5, 0.6) is 0 Å². The molecule has 2 rings (SSSR count). The molecule has 0 radical (unpaired) electrons. The highest BCUT2D eigenvalue weighted by atomic mass is 35.5. The third-order valence-electron chi connectivity index (χ3n) is 2.57. The number of halogens is 1. The Morgan fingerprint density at radius 1 is 1.53 bits per heavy atom. The second kappa shape index (κ2) is 5.29. The normalized spacial score (nSPS) is 12.6. The molecule has 0 aromatic carbocycles. The number of nitrogens with one attached hydrogen (secondary N) is 1. The summed E-state index contributed by atoms with van der Waals surface area (Å²) in [6, 6.07) is 4.31. The molecule has 2 aromatic heterocycles. The zero-order chi connectivity index (χ0) is 12.3. The van der Waals surface area contributed by atoms with E-state index in [0.717, 1.165) is 12.4 Å². The molecular formula is C12H15ClN4. The lowest BCUT2D eigenvalue weighted by atomic mass is 10.1. The van der Waals surface area contributed by atoms with E-state index in [1.807, 2.05) is 12.1 Å². The summed E-state index contributed by atoms with van der Waals surface area (Å²) in [5.41, 5.74) is 1.18. The lowest BCUT2D eigenvalue weighted by Gasteiger charge is -2.13. The molecule has 1 unspecified atom stereocenters. The summed E-state index contributed by atoms with van der Waals surface area (Å²) in [7, 11) is 0. The Hall–Kier alpha value is -1.39. The first-order valence-electron chi connectivity index (χ1n) is 5.60. The van der Waals surface area contributed by atoms with Gasteiger partial charge in [-0.1, -0.05) is 18.5 Å². The first-order chi connectivity index (χ1) is 8.20. The van der Waals surface area contributed by atoms with Gasteiger partial charge in [-0.05, 0) is 31.2 Å². The summed E-state index contributed by atoms with van der Waals surface area (Å²) in [6.45, 7) is 5.15. The maximum Gasteiger partial charge on any atom is 0.153 e. The van der Waals surface area contributed by atoms with Gasteiger partial charge in [0.15, 0.2) is 5.82 Å². The molecule has 4 nitrogen and oxygen atoms in total. The van der Waals surface area contributed by atoms with Gasteiger partial charge in [-0.3, -0.25) is 0 Å². The molecule has 5 heteroatoms. The van der Waals surface area contributed by atoms with Gasteiger partial charge in [-0.15, -0.1) is 0 Å². The summed E-state index contributed by atoms with van der Waals surface area (Å²) in [5, 5.41) is 8.10. The van der Waals surface area contributed by atoms with E-state index in [9.17, 15) is 0 Å². The molecule has 90 valence electrons. The van der Waals surface area contributed by atoms with Crippen molar-refractivity contribution in [2.75, 3.05) is 6.54 Å². The largest absolute Gasteiger partial charge is 0.310 e. The van der Waals surface area contributed by atoms with E-state index in [4.69, 9.17) is 11.6 Å². The highest BCUT2D eigenvalue weighted by Crippen LogP contribution is 2.15. The van der Waals surface area contributed by atoms with Gasteiger partial charge in [0.05, 0.1) is 17.4 Å². The second-order valence-corrected chi connectivity index (χ2v) is 4.27. The van der Waals surface area contributed by atoms with E-state index < -0.39 is 0 Å². The molecule has 2 aromatic rings. The molecule has 0 aliphatic rings. The summed E-state index contributed by atoms with van der Waals surface area (Å²) in [4.78, 5) is 4.28. The van der Waals surface area contributed by atoms with E-state index >= 15 is 0 Å². The van der Waals surface area contributed by atoms with Crippen LogP contribution in [0.3, 0.4) is 0 Å². The number of nitrogens with zero attached hydrogens (tertiary/aromatic N) is 3. The van der Waals surface area contributed by atoms with Gasteiger partial charge in [0.25, 0.3) is 0 Å². The Morgan fingerprint density at radius 3 is 3.00 bits per heavy atom. The van der Waals surface area contributed by atoms with Crippen molar-refractivity contribution in [2.24, 2.45) is 0 Å². The quantitative estimate of drug-likeness (QED) is 0.907. The number of hydrogen-bond donors (Lipinski definition) is 1. The van der Waals surface area contributed by atoms with Crippen LogP contribution < -0.4 is 5.32 Å². The van der Waals surface area contributed by atoms with Gasteiger partial charge >= 0.3 is 0 Å². The van der Waals surface area contributed by atoms with Crippen LogP contribution in [0.2, 0.25) is 5.02 Å². The summed E-state index contributed by atoms with van der Waals surface area (Å²) in [5.74, 6) is 0.777. The van der Waals surface area contributed by atoms with Crippen LogP contribution in [-0.2, 0) is 0 Å². The smallest absolute Gasteiger partial charge is 0.153 e. The number of aromatic nitrogens is 3. The lowest BCUT2D eigenvalue weighted by molar-refractivity contribution is 0.596. The minimum absolute atomic E-state index is 0.299. The Balaban J connectivity index is 2.28. The minimum Gasteiger partial charge on any atom is -0.310 e. The molecule has 0 aliphatic heterocycles. The maximum atomic E-state index is 5.84. The van der Waals surface area contributed by atoms with Crippen LogP contribution in [-0.4, -0.2) is 21.3 Å². The molecule has 0 saturated carbocycles. The van der Waals surface area contributed by atoms with Gasteiger partial charge in [-0.2, -0.15) is 5.10 Å². The third kappa shape index (κ3) is 2.84. The molecule has 1 atom stereocenters. The molecule has 0 saturated heterocycles. The van der Waals surface area contributed by atoms with E-state index in [1.54, 1.807) is 23.3 Å². The molecule has 0 fully saturated rings. The Kier molecular flexibility index (Phi) is 3.76. The molecule has 0 amide bonds. The fourth-order valence-corrected chi connectivity index (χ4v) is 1.82. The summed E-state index contributed by atoms with van der Waals surface area (Å²) < 4.78 is 1.67. The van der Waals surface area contributed by atoms with E-state index in [2.05, 4.69) is 29.2 Å². The average molecular weight is 251 g/mol. The Labute approximate surface area is 106 Å². The predicted octanol–water partition coefficient (Wildman–Crippen LogP) is 2.59. The molecule has 0 bridgehead atoms. The van der Waals surface area contributed by atoms with E-state index in [1.165, 1.54) is 5.56 Å². The molecule has 1 N–H and O–H groups in total. The van der Waals surface area contributed by atoms with Crippen LogP contribution in [0.1, 0.15) is 25.5 Å². The summed E-state index contributed by atoms with van der Waals surface area (Å²) in [6.07, 6.45) is 5.13. The molecule has 0 aliphatic carbocycles. The van der Waals surface area contributed by atoms with Crippen molar-refractivity contribution in [3.05, 3.63) is 41.3 Å². The van der Waals surface area contributed by atoms with Crippen molar-refractivity contribution >= 4 is 11.6 Å². The van der Waals surface area contributed by atoms with Crippen LogP contribution in [0.25, 0.3) is 5.82 Å². The van der Waals surface area contributed by atoms with Crippen molar-refractivity contribution in [3.8, 4) is 5.82 Å². The zero-order valence-corrected chi connectivity index (χ0v) is 10.6. The average Bonchev–Trinajstić information content (AvgIpc) is 2.76. The zero-order valence-electron chi connectivity index (χ0n) is 9.89. The maximum absolute atomic E-state index is 5.84. The highest BCUT2D eigenvalue weighted by molar-refractivity contribution is 6.30. The van der Waals surface area contributed by atoms with Gasteiger partial charge < -0.3 is 5.32 Å².